The van der Waals surface area contributed by atoms with Crippen molar-refractivity contribution >= 4 is 16.8 Å². The molecule has 84 valence electrons. The smallest absolute Gasteiger partial charge is 0.339 e. The number of aromatic carboxylic acids is 1. The lowest BCUT2D eigenvalue weighted by molar-refractivity contribution is 0.0695. The molecule has 0 radical (unpaired) electrons. The summed E-state index contributed by atoms with van der Waals surface area (Å²) in [5.41, 5.74) is 0.0702. The highest BCUT2D eigenvalue weighted by Gasteiger charge is 2.15. The zero-order chi connectivity index (χ0) is 11.3. The number of methoxy groups -OCH3 is 1. The monoisotopic (exact) mass is 232 g/mol. The minimum absolute atomic E-state index is 0.0702. The van der Waals surface area contributed by atoms with E-state index in [4.69, 9.17) is 14.3 Å². The van der Waals surface area contributed by atoms with Gasteiger partial charge in [-0.3, -0.25) is 4.21 Å². The molecule has 0 aliphatic carbocycles. The topological polar surface area (TPSA) is 76.7 Å². The van der Waals surface area contributed by atoms with E-state index in [0.29, 0.717) is 12.4 Å². The van der Waals surface area contributed by atoms with Crippen LogP contribution in [-0.2, 0) is 21.3 Å². The highest BCUT2D eigenvalue weighted by molar-refractivity contribution is 7.84. The third kappa shape index (κ3) is 3.49. The maximum Gasteiger partial charge on any atom is 0.339 e. The first kappa shape index (κ1) is 11.9. The van der Waals surface area contributed by atoms with Crippen LogP contribution in [0.5, 0.6) is 0 Å². The molecule has 1 aromatic heterocycles. The molecule has 1 N–H and O–H groups in total. The molecule has 1 heterocycles. The lowest BCUT2D eigenvalue weighted by atomic mass is 10.3. The summed E-state index contributed by atoms with van der Waals surface area (Å²) in [5, 5.41) is 8.76. The van der Waals surface area contributed by atoms with Gasteiger partial charge in [-0.15, -0.1) is 0 Å². The van der Waals surface area contributed by atoms with E-state index in [2.05, 4.69) is 0 Å². The number of hydrogen-bond donors (Lipinski definition) is 1. The van der Waals surface area contributed by atoms with Crippen LogP contribution in [0.1, 0.15) is 16.1 Å². The van der Waals surface area contributed by atoms with Crippen LogP contribution >= 0.6 is 0 Å². The van der Waals surface area contributed by atoms with Crippen molar-refractivity contribution in [3.05, 3.63) is 23.7 Å². The summed E-state index contributed by atoms with van der Waals surface area (Å²) in [6.45, 7) is 0.385. The number of carboxylic acid groups (broad SMARTS) is 1. The number of hydrogen-bond acceptors (Lipinski definition) is 4. The number of carbonyl (C=O) groups is 1. The molecular formula is C9H12O5S. The Morgan fingerprint density at radius 3 is 3.00 bits per heavy atom. The molecule has 0 aliphatic rings. The molecule has 0 saturated carbocycles. The van der Waals surface area contributed by atoms with Crippen LogP contribution < -0.4 is 0 Å². The summed E-state index contributed by atoms with van der Waals surface area (Å²) in [5.74, 6) is -0.340. The van der Waals surface area contributed by atoms with Crippen LogP contribution in [0.3, 0.4) is 0 Å². The second kappa shape index (κ2) is 5.67. The van der Waals surface area contributed by atoms with Gasteiger partial charge < -0.3 is 14.3 Å². The van der Waals surface area contributed by atoms with Crippen LogP contribution in [-0.4, -0.2) is 34.8 Å². The van der Waals surface area contributed by atoms with E-state index in [-0.39, 0.29) is 17.1 Å². The van der Waals surface area contributed by atoms with Crippen LogP contribution in [0.15, 0.2) is 16.7 Å². The Morgan fingerprint density at radius 2 is 2.40 bits per heavy atom. The van der Waals surface area contributed by atoms with E-state index >= 15 is 0 Å². The van der Waals surface area contributed by atoms with Gasteiger partial charge in [-0.25, -0.2) is 4.79 Å². The summed E-state index contributed by atoms with van der Waals surface area (Å²) in [7, 11) is 0.362. The summed E-state index contributed by atoms with van der Waals surface area (Å²) < 4.78 is 21.2. The lowest BCUT2D eigenvalue weighted by Gasteiger charge is -2.00. The second-order valence-corrected chi connectivity index (χ2v) is 4.42. The Morgan fingerprint density at radius 1 is 1.67 bits per heavy atom. The molecule has 1 aromatic rings. The van der Waals surface area contributed by atoms with Crippen molar-refractivity contribution < 1.29 is 23.3 Å². The highest BCUT2D eigenvalue weighted by atomic mass is 32.2. The number of carboxylic acids is 1. The molecule has 1 atom stereocenters. The molecule has 0 fully saturated rings. The van der Waals surface area contributed by atoms with Gasteiger partial charge in [0.1, 0.15) is 11.3 Å². The molecule has 0 aliphatic heterocycles. The Balaban J connectivity index is 2.60. The van der Waals surface area contributed by atoms with Crippen molar-refractivity contribution in [2.75, 3.05) is 19.5 Å². The molecule has 0 bridgehead atoms. The fourth-order valence-corrected chi connectivity index (χ4v) is 2.05. The van der Waals surface area contributed by atoms with Gasteiger partial charge in [0, 0.05) is 23.7 Å². The third-order valence-electron chi connectivity index (χ3n) is 1.78. The highest BCUT2D eigenvalue weighted by Crippen LogP contribution is 2.12. The Bertz CT molecular complexity index is 357. The predicted molar refractivity (Wildman–Crippen MR) is 54.3 cm³/mol. The standard InChI is InChI=1S/C9H12O5S/c1-13-4-5-15(12)6-8-7(9(10)11)2-3-14-8/h2-3H,4-6H2,1H3,(H,10,11). The molecular weight excluding hydrogens is 220 g/mol. The number of rotatable bonds is 6. The van der Waals surface area contributed by atoms with Gasteiger partial charge in [0.15, 0.2) is 0 Å². The maximum atomic E-state index is 11.4. The fourth-order valence-electron chi connectivity index (χ4n) is 1.04. The van der Waals surface area contributed by atoms with Crippen molar-refractivity contribution in [1.29, 1.82) is 0 Å². The SMILES string of the molecule is COCCS(=O)Cc1occc1C(=O)O. The van der Waals surface area contributed by atoms with Gasteiger partial charge in [-0.2, -0.15) is 0 Å². The summed E-state index contributed by atoms with van der Waals surface area (Å²) >= 11 is 0. The van der Waals surface area contributed by atoms with E-state index in [1.807, 2.05) is 0 Å². The zero-order valence-corrected chi connectivity index (χ0v) is 9.08. The quantitative estimate of drug-likeness (QED) is 0.787. The van der Waals surface area contributed by atoms with Crippen molar-refractivity contribution in [2.24, 2.45) is 0 Å². The van der Waals surface area contributed by atoms with E-state index in [1.54, 1.807) is 0 Å². The molecule has 5 nitrogen and oxygen atoms in total. The average Bonchev–Trinajstić information content (AvgIpc) is 2.62. The second-order valence-electron chi connectivity index (χ2n) is 2.84. The number of furan rings is 1. The summed E-state index contributed by atoms with van der Waals surface area (Å²) in [4.78, 5) is 10.7. The Kier molecular flexibility index (Phi) is 4.51. The van der Waals surface area contributed by atoms with Gasteiger partial charge >= 0.3 is 5.97 Å². The van der Waals surface area contributed by atoms with Crippen molar-refractivity contribution in [3.63, 3.8) is 0 Å². The van der Waals surface area contributed by atoms with E-state index in [0.717, 1.165) is 0 Å². The normalized spacial score (nSPS) is 12.6. The van der Waals surface area contributed by atoms with Crippen molar-refractivity contribution in [3.8, 4) is 0 Å². The molecule has 1 rings (SSSR count). The first-order chi connectivity index (χ1) is 7.15. The van der Waals surface area contributed by atoms with E-state index < -0.39 is 16.8 Å². The lowest BCUT2D eigenvalue weighted by Crippen LogP contribution is -2.08. The minimum Gasteiger partial charge on any atom is -0.478 e. The van der Waals surface area contributed by atoms with Crippen LogP contribution in [0.4, 0.5) is 0 Å². The largest absolute Gasteiger partial charge is 0.478 e. The minimum atomic E-state index is -1.16. The molecule has 0 amide bonds. The van der Waals surface area contributed by atoms with E-state index in [9.17, 15) is 9.00 Å². The first-order valence-corrected chi connectivity index (χ1v) is 5.77. The molecule has 0 aromatic carbocycles. The first-order valence-electron chi connectivity index (χ1n) is 4.28. The predicted octanol–water partition coefficient (Wildman–Crippen LogP) is 0.873. The molecule has 0 spiro atoms. The van der Waals surface area contributed by atoms with Crippen LogP contribution in [0, 0.1) is 0 Å². The van der Waals surface area contributed by atoms with Gasteiger partial charge in [0.2, 0.25) is 0 Å². The molecule has 6 heteroatoms. The Hall–Kier alpha value is -1.14. The van der Waals surface area contributed by atoms with E-state index in [1.165, 1.54) is 19.4 Å². The van der Waals surface area contributed by atoms with Crippen molar-refractivity contribution in [1.82, 2.24) is 0 Å². The third-order valence-corrected chi connectivity index (χ3v) is 2.99. The zero-order valence-electron chi connectivity index (χ0n) is 8.26. The summed E-state index contributed by atoms with van der Waals surface area (Å²) in [6, 6.07) is 1.35. The van der Waals surface area contributed by atoms with Gasteiger partial charge in [-0.1, -0.05) is 0 Å². The van der Waals surface area contributed by atoms with Crippen LogP contribution in [0.2, 0.25) is 0 Å². The Labute approximate surface area is 89.5 Å². The number of ether oxygens (including phenoxy) is 1. The average molecular weight is 232 g/mol. The van der Waals surface area contributed by atoms with Gasteiger partial charge in [0.05, 0.1) is 18.6 Å². The van der Waals surface area contributed by atoms with Gasteiger partial charge in [-0.05, 0) is 6.07 Å². The molecule has 0 saturated heterocycles. The van der Waals surface area contributed by atoms with Crippen molar-refractivity contribution in [2.45, 2.75) is 5.75 Å². The van der Waals surface area contributed by atoms with Gasteiger partial charge in [0.25, 0.3) is 0 Å². The molecule has 1 unspecified atom stereocenters. The maximum absolute atomic E-state index is 11.4. The summed E-state index contributed by atoms with van der Waals surface area (Å²) in [6.07, 6.45) is 1.28. The fraction of sp³-hybridized carbons (Fsp3) is 0.444. The van der Waals surface area contributed by atoms with Crippen LogP contribution in [0.25, 0.3) is 0 Å². The molecule has 15 heavy (non-hydrogen) atoms.